The third-order valence-electron chi connectivity index (χ3n) is 2.45. The Kier molecular flexibility index (Phi) is 6.67. The van der Waals surface area contributed by atoms with Gasteiger partial charge < -0.3 is 15.2 Å². The number of nitrogens with one attached hydrogen (secondary N) is 1. The molecule has 0 atom stereocenters. The lowest BCUT2D eigenvalue weighted by Crippen LogP contribution is -2.09. The van der Waals surface area contributed by atoms with Crippen molar-refractivity contribution in [2.24, 2.45) is 5.92 Å². The minimum atomic E-state index is -0.976. The monoisotopic (exact) mass is 285 g/mol. The summed E-state index contributed by atoms with van der Waals surface area (Å²) in [6.45, 7) is 6.44. The van der Waals surface area contributed by atoms with Crippen molar-refractivity contribution in [3.05, 3.63) is 28.8 Å². The van der Waals surface area contributed by atoms with E-state index in [1.165, 1.54) is 12.1 Å². The van der Waals surface area contributed by atoms with Gasteiger partial charge in [0.15, 0.2) is 0 Å². The van der Waals surface area contributed by atoms with E-state index in [-0.39, 0.29) is 5.56 Å². The van der Waals surface area contributed by atoms with E-state index in [0.29, 0.717) is 17.5 Å². The van der Waals surface area contributed by atoms with Gasteiger partial charge in [-0.3, -0.25) is 0 Å². The zero-order chi connectivity index (χ0) is 14.3. The van der Waals surface area contributed by atoms with Crippen LogP contribution in [-0.2, 0) is 4.74 Å². The number of carboxylic acids is 1. The van der Waals surface area contributed by atoms with Crippen LogP contribution in [0.25, 0.3) is 0 Å². The van der Waals surface area contributed by atoms with Crippen LogP contribution in [0, 0.1) is 5.92 Å². The van der Waals surface area contributed by atoms with E-state index < -0.39 is 5.97 Å². The highest BCUT2D eigenvalue weighted by Crippen LogP contribution is 2.22. The molecule has 5 heteroatoms. The Bertz CT molecular complexity index is 421. The third kappa shape index (κ3) is 5.94. The summed E-state index contributed by atoms with van der Waals surface area (Å²) in [4.78, 5) is 10.8. The minimum Gasteiger partial charge on any atom is -0.478 e. The summed E-state index contributed by atoms with van der Waals surface area (Å²) in [5.74, 6) is -0.429. The van der Waals surface area contributed by atoms with Crippen molar-refractivity contribution in [2.75, 3.05) is 25.1 Å². The normalized spacial score (nSPS) is 10.7. The van der Waals surface area contributed by atoms with E-state index >= 15 is 0 Å². The number of carboxylic acid groups (broad SMARTS) is 1. The van der Waals surface area contributed by atoms with Crippen LogP contribution in [0.2, 0.25) is 5.02 Å². The zero-order valence-corrected chi connectivity index (χ0v) is 12.0. The molecule has 0 bridgehead atoms. The van der Waals surface area contributed by atoms with Gasteiger partial charge in [-0.1, -0.05) is 25.4 Å². The molecule has 0 amide bonds. The molecule has 19 heavy (non-hydrogen) atoms. The van der Waals surface area contributed by atoms with Gasteiger partial charge >= 0.3 is 5.97 Å². The number of rotatable bonds is 8. The molecule has 1 aromatic rings. The van der Waals surface area contributed by atoms with Gasteiger partial charge in [0.2, 0.25) is 0 Å². The standard InChI is InChI=1S/C14H20ClNO3/c1-10(2)9-19-7-3-6-16-13-5-4-11(14(17)18)8-12(13)15/h4-5,8,10,16H,3,6-7,9H2,1-2H3,(H,17,18). The number of hydrogen-bond acceptors (Lipinski definition) is 3. The molecule has 4 nitrogen and oxygen atoms in total. The summed E-state index contributed by atoms with van der Waals surface area (Å²) in [5, 5.41) is 12.4. The van der Waals surface area contributed by atoms with Crippen LogP contribution < -0.4 is 5.32 Å². The molecule has 0 spiro atoms. The highest BCUT2D eigenvalue weighted by molar-refractivity contribution is 6.33. The largest absolute Gasteiger partial charge is 0.478 e. The average Bonchev–Trinajstić information content (AvgIpc) is 2.34. The molecule has 0 heterocycles. The lowest BCUT2D eigenvalue weighted by molar-refractivity contribution is 0.0697. The lowest BCUT2D eigenvalue weighted by atomic mass is 10.2. The fourth-order valence-corrected chi connectivity index (χ4v) is 1.76. The van der Waals surface area contributed by atoms with Gasteiger partial charge in [0.25, 0.3) is 0 Å². The molecule has 0 aliphatic rings. The van der Waals surface area contributed by atoms with Crippen LogP contribution in [0.4, 0.5) is 5.69 Å². The molecule has 1 aromatic carbocycles. The van der Waals surface area contributed by atoms with Crippen molar-refractivity contribution in [1.82, 2.24) is 0 Å². The van der Waals surface area contributed by atoms with E-state index in [2.05, 4.69) is 19.2 Å². The molecular weight excluding hydrogens is 266 g/mol. The Morgan fingerprint density at radius 2 is 2.21 bits per heavy atom. The zero-order valence-electron chi connectivity index (χ0n) is 11.3. The molecule has 0 unspecified atom stereocenters. The maximum atomic E-state index is 10.8. The van der Waals surface area contributed by atoms with Crippen molar-refractivity contribution >= 4 is 23.3 Å². The van der Waals surface area contributed by atoms with Crippen molar-refractivity contribution < 1.29 is 14.6 Å². The molecule has 0 saturated heterocycles. The molecule has 0 radical (unpaired) electrons. The summed E-state index contributed by atoms with van der Waals surface area (Å²) < 4.78 is 5.46. The average molecular weight is 286 g/mol. The fourth-order valence-electron chi connectivity index (χ4n) is 1.51. The number of aromatic carboxylic acids is 1. The number of halogens is 1. The second-order valence-electron chi connectivity index (χ2n) is 4.75. The minimum absolute atomic E-state index is 0.191. The van der Waals surface area contributed by atoms with Crippen molar-refractivity contribution in [3.63, 3.8) is 0 Å². The molecule has 0 aliphatic carbocycles. The van der Waals surface area contributed by atoms with Crippen molar-refractivity contribution in [1.29, 1.82) is 0 Å². The topological polar surface area (TPSA) is 58.6 Å². The first-order chi connectivity index (χ1) is 9.00. The van der Waals surface area contributed by atoms with Crippen LogP contribution >= 0.6 is 11.6 Å². The molecule has 0 saturated carbocycles. The molecule has 0 fully saturated rings. The van der Waals surface area contributed by atoms with E-state index in [0.717, 1.165) is 25.3 Å². The van der Waals surface area contributed by atoms with Crippen molar-refractivity contribution in [3.8, 4) is 0 Å². The number of ether oxygens (including phenoxy) is 1. The first-order valence-corrected chi connectivity index (χ1v) is 6.73. The molecule has 2 N–H and O–H groups in total. The van der Waals surface area contributed by atoms with Crippen LogP contribution in [-0.4, -0.2) is 30.8 Å². The predicted octanol–water partition coefficient (Wildman–Crippen LogP) is 3.51. The highest BCUT2D eigenvalue weighted by Gasteiger charge is 2.06. The summed E-state index contributed by atoms with van der Waals surface area (Å²) in [5.41, 5.74) is 0.936. The molecule has 0 aromatic heterocycles. The number of benzene rings is 1. The van der Waals surface area contributed by atoms with Gasteiger partial charge in [-0.05, 0) is 30.5 Å². The van der Waals surface area contributed by atoms with Gasteiger partial charge in [0.1, 0.15) is 0 Å². The first-order valence-electron chi connectivity index (χ1n) is 6.35. The Balaban J connectivity index is 2.32. The van der Waals surface area contributed by atoms with Gasteiger partial charge in [-0.15, -0.1) is 0 Å². The molecule has 0 aliphatic heterocycles. The summed E-state index contributed by atoms with van der Waals surface area (Å²) in [6, 6.07) is 4.66. The molecule has 106 valence electrons. The van der Waals surface area contributed by atoms with E-state index in [1.807, 2.05) is 0 Å². The van der Waals surface area contributed by atoms with Crippen molar-refractivity contribution in [2.45, 2.75) is 20.3 Å². The van der Waals surface area contributed by atoms with E-state index in [4.69, 9.17) is 21.4 Å². The lowest BCUT2D eigenvalue weighted by Gasteiger charge is -2.10. The number of carbonyl (C=O) groups is 1. The second-order valence-corrected chi connectivity index (χ2v) is 5.16. The van der Waals surface area contributed by atoms with Gasteiger partial charge in [0.05, 0.1) is 16.3 Å². The first kappa shape index (κ1) is 15.8. The summed E-state index contributed by atoms with van der Waals surface area (Å²) in [7, 11) is 0. The van der Waals surface area contributed by atoms with Crippen LogP contribution in [0.1, 0.15) is 30.6 Å². The van der Waals surface area contributed by atoms with Gasteiger partial charge in [-0.2, -0.15) is 0 Å². The Labute approximate surface area is 118 Å². The third-order valence-corrected chi connectivity index (χ3v) is 2.76. The predicted molar refractivity (Wildman–Crippen MR) is 77.2 cm³/mol. The van der Waals surface area contributed by atoms with E-state index in [1.54, 1.807) is 6.07 Å². The number of anilines is 1. The van der Waals surface area contributed by atoms with Gasteiger partial charge in [-0.25, -0.2) is 4.79 Å². The fraction of sp³-hybridized carbons (Fsp3) is 0.500. The Morgan fingerprint density at radius 1 is 1.47 bits per heavy atom. The maximum absolute atomic E-state index is 10.8. The summed E-state index contributed by atoms with van der Waals surface area (Å²) in [6.07, 6.45) is 0.879. The second kappa shape index (κ2) is 8.02. The van der Waals surface area contributed by atoms with Crippen LogP contribution in [0.5, 0.6) is 0 Å². The molecule has 1 rings (SSSR count). The highest BCUT2D eigenvalue weighted by atomic mass is 35.5. The van der Waals surface area contributed by atoms with Crippen LogP contribution in [0.15, 0.2) is 18.2 Å². The Hall–Kier alpha value is -1.26. The molecular formula is C14H20ClNO3. The van der Waals surface area contributed by atoms with E-state index in [9.17, 15) is 4.79 Å². The van der Waals surface area contributed by atoms with Crippen LogP contribution in [0.3, 0.4) is 0 Å². The smallest absolute Gasteiger partial charge is 0.335 e. The Morgan fingerprint density at radius 3 is 2.79 bits per heavy atom. The maximum Gasteiger partial charge on any atom is 0.335 e. The van der Waals surface area contributed by atoms with Gasteiger partial charge in [0, 0.05) is 19.8 Å². The number of hydrogen-bond donors (Lipinski definition) is 2. The SMILES string of the molecule is CC(C)COCCCNc1ccc(C(=O)O)cc1Cl. The quantitative estimate of drug-likeness (QED) is 0.718. The summed E-state index contributed by atoms with van der Waals surface area (Å²) >= 11 is 6.00.